The van der Waals surface area contributed by atoms with Gasteiger partial charge in [0.25, 0.3) is 11.8 Å². The van der Waals surface area contributed by atoms with Gasteiger partial charge in [0.1, 0.15) is 6.61 Å². The Balaban J connectivity index is 1.45. The van der Waals surface area contributed by atoms with Gasteiger partial charge in [-0.05, 0) is 18.2 Å². The normalized spacial score (nSPS) is 15.5. The highest BCUT2D eigenvalue weighted by atomic mass is 35.5. The second-order valence-electron chi connectivity index (χ2n) is 5.40. The van der Waals surface area contributed by atoms with E-state index in [1.165, 1.54) is 6.21 Å². The summed E-state index contributed by atoms with van der Waals surface area (Å²) >= 11 is 5.98. The second-order valence-corrected chi connectivity index (χ2v) is 5.80. The van der Waals surface area contributed by atoms with Crippen LogP contribution in [0, 0.1) is 0 Å². The molecule has 0 bridgehead atoms. The molecule has 0 radical (unpaired) electrons. The van der Waals surface area contributed by atoms with Gasteiger partial charge in [0, 0.05) is 10.6 Å². The molecule has 0 aromatic heterocycles. The number of benzene rings is 2. The molecule has 26 heavy (non-hydrogen) atoms. The maximum Gasteiger partial charge on any atom is 0.265 e. The summed E-state index contributed by atoms with van der Waals surface area (Å²) in [5.74, 6) is 0.166. The van der Waals surface area contributed by atoms with Gasteiger partial charge in [0.2, 0.25) is 6.10 Å². The minimum atomic E-state index is -0.815. The molecule has 8 heteroatoms. The predicted molar refractivity (Wildman–Crippen MR) is 96.6 cm³/mol. The van der Waals surface area contributed by atoms with Crippen LogP contribution in [0.3, 0.4) is 0 Å². The molecule has 0 spiro atoms. The maximum atomic E-state index is 12.1. The topological polar surface area (TPSA) is 89.0 Å². The first-order chi connectivity index (χ1) is 12.6. The van der Waals surface area contributed by atoms with Crippen molar-refractivity contribution >= 4 is 29.6 Å². The van der Waals surface area contributed by atoms with Crippen molar-refractivity contribution in [1.82, 2.24) is 10.7 Å². The van der Waals surface area contributed by atoms with Crippen LogP contribution in [-0.4, -0.2) is 37.3 Å². The fraction of sp³-hybridized carbons (Fsp3) is 0.167. The summed E-state index contributed by atoms with van der Waals surface area (Å²) in [4.78, 5) is 23.9. The van der Waals surface area contributed by atoms with Gasteiger partial charge in [0.05, 0.1) is 12.8 Å². The molecule has 0 unspecified atom stereocenters. The van der Waals surface area contributed by atoms with E-state index in [1.54, 1.807) is 42.5 Å². The van der Waals surface area contributed by atoms with Crippen LogP contribution in [0.5, 0.6) is 11.5 Å². The van der Waals surface area contributed by atoms with E-state index in [4.69, 9.17) is 21.1 Å². The van der Waals surface area contributed by atoms with Crippen LogP contribution in [0.4, 0.5) is 0 Å². The number of fused-ring (bicyclic) bond motifs is 1. The van der Waals surface area contributed by atoms with Crippen molar-refractivity contribution < 1.29 is 19.1 Å². The van der Waals surface area contributed by atoms with Gasteiger partial charge in [-0.1, -0.05) is 41.9 Å². The molecule has 0 saturated carbocycles. The lowest BCUT2D eigenvalue weighted by Crippen LogP contribution is -2.46. The van der Waals surface area contributed by atoms with Gasteiger partial charge in [-0.25, -0.2) is 5.43 Å². The molecule has 1 atom stereocenters. The van der Waals surface area contributed by atoms with Crippen molar-refractivity contribution in [3.63, 3.8) is 0 Å². The van der Waals surface area contributed by atoms with Crippen LogP contribution in [0.15, 0.2) is 53.6 Å². The quantitative estimate of drug-likeness (QED) is 0.617. The molecule has 2 N–H and O–H groups in total. The van der Waals surface area contributed by atoms with E-state index in [1.807, 2.05) is 6.07 Å². The Hall–Kier alpha value is -3.06. The molecule has 2 aromatic rings. The van der Waals surface area contributed by atoms with Crippen LogP contribution in [-0.2, 0) is 9.59 Å². The molecule has 1 aliphatic rings. The Bertz CT molecular complexity index is 841. The number of rotatable bonds is 5. The van der Waals surface area contributed by atoms with Crippen LogP contribution < -0.4 is 20.2 Å². The van der Waals surface area contributed by atoms with E-state index >= 15 is 0 Å². The van der Waals surface area contributed by atoms with Crippen LogP contribution in [0.2, 0.25) is 5.02 Å². The van der Waals surface area contributed by atoms with Crippen LogP contribution in [0.25, 0.3) is 0 Å². The highest BCUT2D eigenvalue weighted by Crippen LogP contribution is 2.30. The fourth-order valence-electron chi connectivity index (χ4n) is 2.22. The largest absolute Gasteiger partial charge is 0.485 e. The van der Waals surface area contributed by atoms with Crippen LogP contribution in [0.1, 0.15) is 5.56 Å². The number of hydrogen-bond donors (Lipinski definition) is 2. The highest BCUT2D eigenvalue weighted by molar-refractivity contribution is 6.33. The Labute approximate surface area is 154 Å². The zero-order chi connectivity index (χ0) is 18.4. The van der Waals surface area contributed by atoms with Gasteiger partial charge < -0.3 is 14.8 Å². The van der Waals surface area contributed by atoms with E-state index in [2.05, 4.69) is 15.8 Å². The molecule has 1 heterocycles. The molecule has 2 amide bonds. The zero-order valence-electron chi connectivity index (χ0n) is 13.6. The lowest BCUT2D eigenvalue weighted by molar-refractivity contribution is -0.132. The van der Waals surface area contributed by atoms with Crippen molar-refractivity contribution in [2.45, 2.75) is 6.10 Å². The summed E-state index contributed by atoms with van der Waals surface area (Å²) in [5.41, 5.74) is 2.99. The zero-order valence-corrected chi connectivity index (χ0v) is 14.4. The molecule has 0 saturated heterocycles. The molecule has 134 valence electrons. The predicted octanol–water partition coefficient (Wildman–Crippen LogP) is 1.75. The average Bonchev–Trinajstić information content (AvgIpc) is 2.67. The molecular formula is C18H16ClN3O4. The Morgan fingerprint density at radius 3 is 2.69 bits per heavy atom. The Kier molecular flexibility index (Phi) is 5.70. The van der Waals surface area contributed by atoms with E-state index in [9.17, 15) is 9.59 Å². The van der Waals surface area contributed by atoms with Crippen molar-refractivity contribution in [2.24, 2.45) is 5.10 Å². The van der Waals surface area contributed by atoms with Crippen molar-refractivity contribution in [2.75, 3.05) is 13.2 Å². The third kappa shape index (κ3) is 4.52. The third-order valence-corrected chi connectivity index (χ3v) is 3.87. The van der Waals surface area contributed by atoms with Gasteiger partial charge in [0.15, 0.2) is 11.5 Å². The number of ether oxygens (including phenoxy) is 2. The summed E-state index contributed by atoms with van der Waals surface area (Å²) < 4.78 is 11.0. The standard InChI is InChI=1S/C18H16ClN3O4/c19-13-6-2-1-5-12(13)9-21-22-17(23)10-20-18(24)16-11-25-14-7-3-4-8-15(14)26-16/h1-9,16H,10-11H2,(H,20,24)(H,22,23)/b21-9-/t16-/m0/s1. The van der Waals surface area contributed by atoms with E-state index in [0.717, 1.165) is 0 Å². The SMILES string of the molecule is O=C(CNC(=O)[C@@H]1COc2ccccc2O1)N/N=C\c1ccccc1Cl. The number of para-hydroxylation sites is 2. The summed E-state index contributed by atoms with van der Waals surface area (Å²) in [7, 11) is 0. The lowest BCUT2D eigenvalue weighted by atomic mass is 10.2. The second kappa shape index (κ2) is 8.35. The Morgan fingerprint density at radius 1 is 1.15 bits per heavy atom. The molecule has 7 nitrogen and oxygen atoms in total. The number of carbonyl (C=O) groups excluding carboxylic acids is 2. The number of hydrogen-bond acceptors (Lipinski definition) is 5. The van der Waals surface area contributed by atoms with Gasteiger partial charge in [-0.15, -0.1) is 0 Å². The monoisotopic (exact) mass is 373 g/mol. The lowest BCUT2D eigenvalue weighted by Gasteiger charge is -2.25. The molecule has 2 aromatic carbocycles. The van der Waals surface area contributed by atoms with Crippen LogP contribution >= 0.6 is 11.6 Å². The van der Waals surface area contributed by atoms with Gasteiger partial charge in [-0.3, -0.25) is 9.59 Å². The molecule has 1 aliphatic heterocycles. The van der Waals surface area contributed by atoms with Gasteiger partial charge in [-0.2, -0.15) is 5.10 Å². The number of amides is 2. The summed E-state index contributed by atoms with van der Waals surface area (Å²) in [6, 6.07) is 14.2. The number of nitrogens with zero attached hydrogens (tertiary/aromatic N) is 1. The minimum Gasteiger partial charge on any atom is -0.485 e. The van der Waals surface area contributed by atoms with E-state index in [0.29, 0.717) is 22.1 Å². The smallest absolute Gasteiger partial charge is 0.265 e. The first-order valence-corrected chi connectivity index (χ1v) is 8.24. The summed E-state index contributed by atoms with van der Waals surface area (Å²) in [6.45, 7) is -0.157. The first-order valence-electron chi connectivity index (χ1n) is 7.86. The van der Waals surface area contributed by atoms with Crippen molar-refractivity contribution in [1.29, 1.82) is 0 Å². The van der Waals surface area contributed by atoms with Crippen molar-refractivity contribution in [3.8, 4) is 11.5 Å². The third-order valence-electron chi connectivity index (χ3n) is 3.52. The number of hydrazone groups is 1. The number of nitrogens with one attached hydrogen (secondary N) is 2. The molecule has 0 aliphatic carbocycles. The molecular weight excluding hydrogens is 358 g/mol. The Morgan fingerprint density at radius 2 is 1.88 bits per heavy atom. The number of halogens is 1. The van der Waals surface area contributed by atoms with Gasteiger partial charge >= 0.3 is 0 Å². The van der Waals surface area contributed by atoms with E-state index < -0.39 is 17.9 Å². The summed E-state index contributed by atoms with van der Waals surface area (Å²) in [5, 5.41) is 6.82. The summed E-state index contributed by atoms with van der Waals surface area (Å²) in [6.07, 6.45) is 0.612. The molecule has 3 rings (SSSR count). The maximum absolute atomic E-state index is 12.1. The fourth-order valence-corrected chi connectivity index (χ4v) is 2.41. The molecule has 0 fully saturated rings. The highest BCUT2D eigenvalue weighted by Gasteiger charge is 2.27. The number of carbonyl (C=O) groups is 2. The van der Waals surface area contributed by atoms with E-state index in [-0.39, 0.29) is 13.2 Å². The average molecular weight is 374 g/mol. The minimum absolute atomic E-state index is 0.0785. The first kappa shape index (κ1) is 17.8. The van der Waals surface area contributed by atoms with Crippen molar-refractivity contribution in [3.05, 3.63) is 59.1 Å².